The fourth-order valence-corrected chi connectivity index (χ4v) is 5.11. The molecule has 1 aromatic carbocycles. The van der Waals surface area contributed by atoms with Crippen molar-refractivity contribution in [1.82, 2.24) is 30.4 Å². The molecule has 1 aliphatic carbocycles. The molecular weight excluding hydrogens is 499 g/mol. The molecule has 0 spiro atoms. The smallest absolute Gasteiger partial charge is 0.311 e. The molecule has 3 heterocycles. The van der Waals surface area contributed by atoms with E-state index in [-0.39, 0.29) is 31.8 Å². The van der Waals surface area contributed by atoms with E-state index in [4.69, 9.17) is 0 Å². The summed E-state index contributed by atoms with van der Waals surface area (Å²) in [6.07, 6.45) is 1.65. The van der Waals surface area contributed by atoms with E-state index < -0.39 is 51.6 Å². The van der Waals surface area contributed by atoms with Gasteiger partial charge in [0.2, 0.25) is 12.2 Å². The normalized spacial score (nSPS) is 21.6. The Labute approximate surface area is 217 Å². The van der Waals surface area contributed by atoms with Gasteiger partial charge in [-0.05, 0) is 49.8 Å². The SMILES string of the molecule is Cc1cc(CNC(=O)c2nc3n(c(=O)c2O)CC2(NC=O)CCC3(NC(=O)C(=O)N(C)C)CC2)ccc1F. The highest BCUT2D eigenvalue weighted by Gasteiger charge is 2.52. The van der Waals surface area contributed by atoms with Crippen LogP contribution in [-0.4, -0.2) is 63.3 Å². The Morgan fingerprint density at radius 1 is 1.21 bits per heavy atom. The molecule has 2 aliphatic heterocycles. The van der Waals surface area contributed by atoms with Crippen LogP contribution < -0.4 is 21.5 Å². The van der Waals surface area contributed by atoms with E-state index in [0.717, 1.165) is 9.47 Å². The van der Waals surface area contributed by atoms with Gasteiger partial charge in [0.25, 0.3) is 11.5 Å². The highest BCUT2D eigenvalue weighted by Crippen LogP contribution is 2.45. The topological polar surface area (TPSA) is 163 Å². The highest BCUT2D eigenvalue weighted by atomic mass is 19.1. The molecule has 2 aromatic rings. The van der Waals surface area contributed by atoms with Crippen LogP contribution >= 0.6 is 0 Å². The van der Waals surface area contributed by atoms with Gasteiger partial charge in [-0.3, -0.25) is 28.5 Å². The molecule has 4 amide bonds. The molecule has 1 saturated carbocycles. The number of fused-ring (bicyclic) bond motifs is 2. The van der Waals surface area contributed by atoms with Crippen molar-refractivity contribution in [2.45, 2.75) is 56.8 Å². The number of likely N-dealkylation sites (N-methyl/N-ethyl adjacent to an activating group) is 1. The highest BCUT2D eigenvalue weighted by molar-refractivity contribution is 6.35. The first-order valence-electron chi connectivity index (χ1n) is 12.0. The minimum absolute atomic E-state index is 0.00931. The van der Waals surface area contributed by atoms with Crippen LogP contribution in [0.25, 0.3) is 0 Å². The zero-order valence-electron chi connectivity index (χ0n) is 21.3. The number of hydrogen-bond donors (Lipinski definition) is 4. The number of benzene rings is 1. The molecule has 2 bridgehead atoms. The number of aryl methyl sites for hydroxylation is 1. The number of carbonyl (C=O) groups excluding carboxylic acids is 4. The third-order valence-corrected chi connectivity index (χ3v) is 7.30. The van der Waals surface area contributed by atoms with Crippen LogP contribution in [0.4, 0.5) is 4.39 Å². The molecule has 0 saturated heterocycles. The standard InChI is InChI=1S/C25H29FN6O6/c1-14-10-15(4-5-16(14)26)11-27-19(35)17-18(34)21(37)32-12-24(28-13-33)6-8-25(9-7-24,23(32)29-17)30-20(36)22(38)31(2)3/h4-5,10,13,34H,6-9,11-12H2,1-3H3,(H,27,35)(H,28,33)(H,30,36). The lowest BCUT2D eigenvalue weighted by Gasteiger charge is -2.41. The quantitative estimate of drug-likeness (QED) is 0.298. The summed E-state index contributed by atoms with van der Waals surface area (Å²) in [6.45, 7) is 1.51. The van der Waals surface area contributed by atoms with Gasteiger partial charge in [0, 0.05) is 20.6 Å². The van der Waals surface area contributed by atoms with Crippen molar-refractivity contribution >= 4 is 24.1 Å². The molecule has 202 valence electrons. The molecule has 13 heteroatoms. The second-order valence-corrected chi connectivity index (χ2v) is 10.1. The Morgan fingerprint density at radius 2 is 1.89 bits per heavy atom. The maximum atomic E-state index is 13.6. The Morgan fingerprint density at radius 3 is 2.50 bits per heavy atom. The molecule has 5 rings (SSSR count). The summed E-state index contributed by atoms with van der Waals surface area (Å²) in [5.74, 6) is -3.86. The van der Waals surface area contributed by atoms with Gasteiger partial charge in [0.1, 0.15) is 11.6 Å². The van der Waals surface area contributed by atoms with E-state index in [9.17, 15) is 33.5 Å². The molecule has 12 nitrogen and oxygen atoms in total. The number of nitrogens with one attached hydrogen (secondary N) is 3. The Kier molecular flexibility index (Phi) is 6.96. The predicted molar refractivity (Wildman–Crippen MR) is 131 cm³/mol. The van der Waals surface area contributed by atoms with Crippen LogP contribution in [0.1, 0.15) is 53.1 Å². The zero-order chi connectivity index (χ0) is 27.8. The van der Waals surface area contributed by atoms with Gasteiger partial charge in [0.05, 0.1) is 17.6 Å². The van der Waals surface area contributed by atoms with Crippen LogP contribution in [0.2, 0.25) is 0 Å². The third-order valence-electron chi connectivity index (χ3n) is 7.30. The number of aromatic hydroxyl groups is 1. The summed E-state index contributed by atoms with van der Waals surface area (Å²) in [6, 6.07) is 4.31. The number of aromatic nitrogens is 2. The number of nitrogens with zero attached hydrogens (tertiary/aromatic N) is 3. The molecule has 38 heavy (non-hydrogen) atoms. The largest absolute Gasteiger partial charge is 0.501 e. The van der Waals surface area contributed by atoms with Crippen molar-refractivity contribution in [3.8, 4) is 5.75 Å². The van der Waals surface area contributed by atoms with Crippen LogP contribution in [0, 0.1) is 12.7 Å². The fourth-order valence-electron chi connectivity index (χ4n) is 5.11. The van der Waals surface area contributed by atoms with Gasteiger partial charge >= 0.3 is 11.8 Å². The van der Waals surface area contributed by atoms with Crippen LogP contribution in [0.3, 0.4) is 0 Å². The van der Waals surface area contributed by atoms with Crippen molar-refractivity contribution in [3.05, 3.63) is 57.0 Å². The van der Waals surface area contributed by atoms with Gasteiger partial charge in [-0.1, -0.05) is 12.1 Å². The predicted octanol–water partition coefficient (Wildman–Crippen LogP) is -0.201. The van der Waals surface area contributed by atoms with E-state index in [1.165, 1.54) is 26.2 Å². The van der Waals surface area contributed by atoms with E-state index >= 15 is 0 Å². The minimum Gasteiger partial charge on any atom is -0.501 e. The summed E-state index contributed by atoms with van der Waals surface area (Å²) in [7, 11) is 2.85. The summed E-state index contributed by atoms with van der Waals surface area (Å²) in [5, 5.41) is 18.7. The van der Waals surface area contributed by atoms with Gasteiger partial charge < -0.3 is 26.0 Å². The lowest BCUT2D eigenvalue weighted by molar-refractivity contribution is -0.145. The Hall–Kier alpha value is -4.29. The summed E-state index contributed by atoms with van der Waals surface area (Å²) in [5.41, 5.74) is -2.63. The number of carbonyl (C=O) groups is 4. The fraction of sp³-hybridized carbons (Fsp3) is 0.440. The molecule has 1 fully saturated rings. The second-order valence-electron chi connectivity index (χ2n) is 10.1. The van der Waals surface area contributed by atoms with E-state index in [0.29, 0.717) is 30.4 Å². The minimum atomic E-state index is -1.30. The lowest BCUT2D eigenvalue weighted by Crippen LogP contribution is -2.56. The van der Waals surface area contributed by atoms with Crippen molar-refractivity contribution in [2.24, 2.45) is 0 Å². The number of halogens is 1. The Balaban J connectivity index is 1.75. The number of rotatable bonds is 6. The van der Waals surface area contributed by atoms with Gasteiger partial charge in [-0.15, -0.1) is 0 Å². The van der Waals surface area contributed by atoms with Crippen molar-refractivity contribution in [1.29, 1.82) is 0 Å². The van der Waals surface area contributed by atoms with Crippen molar-refractivity contribution in [3.63, 3.8) is 0 Å². The van der Waals surface area contributed by atoms with Crippen LogP contribution in [0.15, 0.2) is 23.0 Å². The van der Waals surface area contributed by atoms with E-state index in [2.05, 4.69) is 20.9 Å². The monoisotopic (exact) mass is 528 g/mol. The first-order valence-corrected chi connectivity index (χ1v) is 12.0. The van der Waals surface area contributed by atoms with Crippen molar-refractivity contribution < 1.29 is 28.7 Å². The molecule has 0 radical (unpaired) electrons. The first-order chi connectivity index (χ1) is 17.9. The Bertz CT molecular complexity index is 1380. The average molecular weight is 529 g/mol. The van der Waals surface area contributed by atoms with E-state index in [1.807, 2.05) is 0 Å². The van der Waals surface area contributed by atoms with Gasteiger partial charge in [-0.2, -0.15) is 0 Å². The molecule has 0 atom stereocenters. The van der Waals surface area contributed by atoms with E-state index in [1.54, 1.807) is 13.0 Å². The van der Waals surface area contributed by atoms with Gasteiger partial charge in [0.15, 0.2) is 5.69 Å². The zero-order valence-corrected chi connectivity index (χ0v) is 21.3. The summed E-state index contributed by atoms with van der Waals surface area (Å²) < 4.78 is 14.7. The van der Waals surface area contributed by atoms with Crippen molar-refractivity contribution in [2.75, 3.05) is 14.1 Å². The molecule has 1 aromatic heterocycles. The molecule has 0 unspecified atom stereocenters. The number of hydrogen-bond acceptors (Lipinski definition) is 7. The average Bonchev–Trinajstić information content (AvgIpc) is 3.09. The summed E-state index contributed by atoms with van der Waals surface area (Å²) >= 11 is 0. The second kappa shape index (κ2) is 9.88. The molecule has 4 N–H and O–H groups in total. The molecule has 3 aliphatic rings. The molecular formula is C25H29FN6O6. The maximum Gasteiger partial charge on any atom is 0.311 e. The summed E-state index contributed by atoms with van der Waals surface area (Å²) in [4.78, 5) is 68.4. The first kappa shape index (κ1) is 26.8. The number of amides is 4. The van der Waals surface area contributed by atoms with Crippen LogP contribution in [-0.2, 0) is 33.0 Å². The van der Waals surface area contributed by atoms with Gasteiger partial charge in [-0.25, -0.2) is 9.37 Å². The maximum absolute atomic E-state index is 13.6. The third kappa shape index (κ3) is 4.71. The van der Waals surface area contributed by atoms with Crippen LogP contribution in [0.5, 0.6) is 5.75 Å². The lowest BCUT2D eigenvalue weighted by atomic mass is 9.73.